The first-order chi connectivity index (χ1) is 7.72. The number of nitrogens with zero attached hydrogens (tertiary/aromatic N) is 2. The van der Waals surface area contributed by atoms with Gasteiger partial charge < -0.3 is 10.3 Å². The normalized spacial score (nSPS) is 22.9. The van der Waals surface area contributed by atoms with Crippen LogP contribution in [0.2, 0.25) is 0 Å². The van der Waals surface area contributed by atoms with Crippen LogP contribution in [0.25, 0.3) is 0 Å². The van der Waals surface area contributed by atoms with E-state index in [0.29, 0.717) is 23.6 Å². The Kier molecular flexibility index (Phi) is 3.86. The van der Waals surface area contributed by atoms with Gasteiger partial charge in [0.15, 0.2) is 5.82 Å². The van der Waals surface area contributed by atoms with Crippen molar-refractivity contribution >= 4 is 11.8 Å². The summed E-state index contributed by atoms with van der Waals surface area (Å²) in [7, 11) is 0. The lowest BCUT2D eigenvalue weighted by Crippen LogP contribution is -2.18. The van der Waals surface area contributed by atoms with Crippen molar-refractivity contribution in [1.82, 2.24) is 10.1 Å². The monoisotopic (exact) mass is 241 g/mol. The number of thioether (sulfide) groups is 1. The number of hydrogen-bond acceptors (Lipinski definition) is 5. The maximum atomic E-state index is 5.74. The average Bonchev–Trinajstić information content (AvgIpc) is 2.86. The van der Waals surface area contributed by atoms with Crippen molar-refractivity contribution in [2.45, 2.75) is 37.9 Å². The maximum absolute atomic E-state index is 5.74. The molecule has 1 fully saturated rings. The smallest absolute Gasteiger partial charge is 0.231 e. The molecule has 1 aliphatic rings. The van der Waals surface area contributed by atoms with E-state index in [4.69, 9.17) is 10.3 Å². The molecule has 2 rings (SSSR count). The molecule has 2 N–H and O–H groups in total. The number of rotatable bonds is 4. The largest absolute Gasteiger partial charge is 0.339 e. The van der Waals surface area contributed by atoms with E-state index >= 15 is 0 Å². The van der Waals surface area contributed by atoms with Gasteiger partial charge in [0.25, 0.3) is 0 Å². The van der Waals surface area contributed by atoms with Gasteiger partial charge in [-0.15, -0.1) is 0 Å². The quantitative estimate of drug-likeness (QED) is 0.876. The van der Waals surface area contributed by atoms with Crippen LogP contribution in [0.5, 0.6) is 0 Å². The second-order valence-electron chi connectivity index (χ2n) is 4.58. The van der Waals surface area contributed by atoms with Gasteiger partial charge in [-0.3, -0.25) is 0 Å². The first kappa shape index (κ1) is 11.9. The van der Waals surface area contributed by atoms with Crippen LogP contribution in [-0.2, 0) is 0 Å². The van der Waals surface area contributed by atoms with Crippen LogP contribution in [0.15, 0.2) is 4.52 Å². The fourth-order valence-electron chi connectivity index (χ4n) is 1.97. The van der Waals surface area contributed by atoms with E-state index in [1.807, 2.05) is 11.8 Å². The molecule has 0 saturated carbocycles. The zero-order valence-corrected chi connectivity index (χ0v) is 10.7. The molecule has 1 aliphatic heterocycles. The third-order valence-corrected chi connectivity index (χ3v) is 4.42. The van der Waals surface area contributed by atoms with E-state index in [2.05, 4.69) is 24.0 Å². The Bertz CT molecular complexity index is 334. The second kappa shape index (κ2) is 5.19. The third kappa shape index (κ3) is 2.40. The lowest BCUT2D eigenvalue weighted by molar-refractivity contribution is 0.321. The third-order valence-electron chi connectivity index (χ3n) is 3.05. The zero-order valence-electron chi connectivity index (χ0n) is 9.85. The minimum Gasteiger partial charge on any atom is -0.339 e. The molecule has 1 saturated heterocycles. The van der Waals surface area contributed by atoms with E-state index in [1.54, 1.807) is 0 Å². The Morgan fingerprint density at radius 2 is 2.38 bits per heavy atom. The van der Waals surface area contributed by atoms with Gasteiger partial charge in [-0.25, -0.2) is 0 Å². The summed E-state index contributed by atoms with van der Waals surface area (Å²) in [4.78, 5) is 4.51. The molecule has 2 atom stereocenters. The molecular weight excluding hydrogens is 222 g/mol. The van der Waals surface area contributed by atoms with Crippen molar-refractivity contribution in [1.29, 1.82) is 0 Å². The Balaban J connectivity index is 2.11. The van der Waals surface area contributed by atoms with Crippen LogP contribution < -0.4 is 5.73 Å². The Morgan fingerprint density at radius 3 is 2.94 bits per heavy atom. The molecule has 90 valence electrons. The van der Waals surface area contributed by atoms with Crippen molar-refractivity contribution < 1.29 is 4.52 Å². The summed E-state index contributed by atoms with van der Waals surface area (Å²) in [5.74, 6) is 3.40. The van der Waals surface area contributed by atoms with Crippen molar-refractivity contribution in [2.24, 2.45) is 11.7 Å². The number of aromatic nitrogens is 2. The number of nitrogens with two attached hydrogens (primary N) is 1. The molecule has 0 aromatic carbocycles. The lowest BCUT2D eigenvalue weighted by atomic mass is 9.96. The van der Waals surface area contributed by atoms with Crippen LogP contribution in [-0.4, -0.2) is 22.4 Å². The molecule has 2 unspecified atom stereocenters. The van der Waals surface area contributed by atoms with Crippen molar-refractivity contribution in [2.75, 3.05) is 12.3 Å². The fraction of sp³-hybridized carbons (Fsp3) is 0.818. The van der Waals surface area contributed by atoms with Crippen LogP contribution >= 0.6 is 11.8 Å². The minimum atomic E-state index is 0.188. The molecule has 1 aromatic heterocycles. The van der Waals surface area contributed by atoms with Gasteiger partial charge in [0.1, 0.15) is 0 Å². The fourth-order valence-corrected chi connectivity index (χ4v) is 3.16. The van der Waals surface area contributed by atoms with Gasteiger partial charge in [-0.05, 0) is 24.5 Å². The highest BCUT2D eigenvalue weighted by atomic mass is 32.2. The molecular formula is C11H19N3OS. The van der Waals surface area contributed by atoms with Crippen molar-refractivity contribution in [3.8, 4) is 0 Å². The van der Waals surface area contributed by atoms with Gasteiger partial charge in [0.05, 0.1) is 11.2 Å². The summed E-state index contributed by atoms with van der Waals surface area (Å²) in [6.45, 7) is 4.83. The van der Waals surface area contributed by atoms with Crippen LogP contribution in [0, 0.1) is 5.92 Å². The Labute approximate surface area is 100 Å². The van der Waals surface area contributed by atoms with E-state index < -0.39 is 0 Å². The minimum absolute atomic E-state index is 0.188. The molecule has 5 heteroatoms. The Morgan fingerprint density at radius 1 is 1.56 bits per heavy atom. The highest BCUT2D eigenvalue weighted by molar-refractivity contribution is 7.99. The molecule has 2 heterocycles. The van der Waals surface area contributed by atoms with Gasteiger partial charge >= 0.3 is 0 Å². The summed E-state index contributed by atoms with van der Waals surface area (Å²) < 4.78 is 5.34. The van der Waals surface area contributed by atoms with E-state index in [9.17, 15) is 0 Å². The molecule has 0 aliphatic carbocycles. The highest BCUT2D eigenvalue weighted by Gasteiger charge is 2.26. The molecule has 0 radical (unpaired) electrons. The van der Waals surface area contributed by atoms with Gasteiger partial charge in [-0.2, -0.15) is 16.7 Å². The first-order valence-corrected chi connectivity index (χ1v) is 6.92. The summed E-state index contributed by atoms with van der Waals surface area (Å²) >= 11 is 1.92. The molecule has 0 amide bonds. The van der Waals surface area contributed by atoms with Crippen LogP contribution in [0.4, 0.5) is 0 Å². The maximum Gasteiger partial charge on any atom is 0.231 e. The molecule has 0 spiro atoms. The summed E-state index contributed by atoms with van der Waals surface area (Å²) in [5.41, 5.74) is 5.74. The average molecular weight is 241 g/mol. The zero-order chi connectivity index (χ0) is 11.5. The summed E-state index contributed by atoms with van der Waals surface area (Å²) in [5, 5.41) is 4.52. The summed E-state index contributed by atoms with van der Waals surface area (Å²) in [6, 6.07) is 0. The first-order valence-electron chi connectivity index (χ1n) is 5.87. The van der Waals surface area contributed by atoms with Crippen molar-refractivity contribution in [3.63, 3.8) is 0 Å². The predicted molar refractivity (Wildman–Crippen MR) is 65.4 cm³/mol. The lowest BCUT2D eigenvalue weighted by Gasteiger charge is -2.13. The Hall–Kier alpha value is -0.550. The topological polar surface area (TPSA) is 64.9 Å². The van der Waals surface area contributed by atoms with E-state index in [1.165, 1.54) is 18.6 Å². The van der Waals surface area contributed by atoms with Gasteiger partial charge in [0.2, 0.25) is 5.89 Å². The molecule has 16 heavy (non-hydrogen) atoms. The number of hydrogen-bond donors (Lipinski definition) is 1. The van der Waals surface area contributed by atoms with Gasteiger partial charge in [-0.1, -0.05) is 19.0 Å². The molecule has 1 aromatic rings. The van der Waals surface area contributed by atoms with E-state index in [0.717, 1.165) is 5.82 Å². The van der Waals surface area contributed by atoms with E-state index in [-0.39, 0.29) is 5.92 Å². The predicted octanol–water partition coefficient (Wildman–Crippen LogP) is 2.34. The van der Waals surface area contributed by atoms with Crippen LogP contribution in [0.1, 0.15) is 49.6 Å². The second-order valence-corrected chi connectivity index (χ2v) is 5.89. The standard InChI is InChI=1S/C11H19N3OS/c1-7(2)8(6-12)11-13-10(14-15-11)9-4-3-5-16-9/h7-9H,3-6,12H2,1-2H3. The van der Waals surface area contributed by atoms with Gasteiger partial charge in [0, 0.05) is 6.54 Å². The molecule has 4 nitrogen and oxygen atoms in total. The highest BCUT2D eigenvalue weighted by Crippen LogP contribution is 2.38. The SMILES string of the molecule is CC(C)C(CN)c1nc(C2CCCS2)no1. The van der Waals surface area contributed by atoms with Crippen LogP contribution in [0.3, 0.4) is 0 Å². The molecule has 0 bridgehead atoms. The van der Waals surface area contributed by atoms with Crippen molar-refractivity contribution in [3.05, 3.63) is 11.7 Å². The summed E-state index contributed by atoms with van der Waals surface area (Å²) in [6.07, 6.45) is 2.42.